The van der Waals surface area contributed by atoms with E-state index in [1.54, 1.807) is 18.2 Å². The molecule has 0 saturated heterocycles. The van der Waals surface area contributed by atoms with E-state index < -0.39 is 10.0 Å². The minimum atomic E-state index is -3.77. The first-order chi connectivity index (χ1) is 10.4. The quantitative estimate of drug-likeness (QED) is 0.785. The molecular weight excluding hydrogens is 304 g/mol. The van der Waals surface area contributed by atoms with E-state index in [4.69, 9.17) is 0 Å². The highest BCUT2D eigenvalue weighted by Gasteiger charge is 2.18. The van der Waals surface area contributed by atoms with Gasteiger partial charge in [0.1, 0.15) is 16.7 Å². The van der Waals surface area contributed by atoms with Crippen LogP contribution >= 0.6 is 0 Å². The predicted molar refractivity (Wildman–Crippen MR) is 82.4 cm³/mol. The molecule has 0 amide bonds. The third-order valence-corrected chi connectivity index (χ3v) is 4.61. The van der Waals surface area contributed by atoms with Crippen LogP contribution in [0.4, 0.5) is 5.69 Å². The van der Waals surface area contributed by atoms with Crippen molar-refractivity contribution in [2.45, 2.75) is 11.8 Å². The summed E-state index contributed by atoms with van der Waals surface area (Å²) in [7, 11) is -2.26. The summed E-state index contributed by atoms with van der Waals surface area (Å²) in [6, 6.07) is 8.37. The van der Waals surface area contributed by atoms with Crippen molar-refractivity contribution in [3.05, 3.63) is 58.8 Å². The highest BCUT2D eigenvalue weighted by Crippen LogP contribution is 2.18. The maximum absolute atomic E-state index is 12.4. The first-order valence-electron chi connectivity index (χ1n) is 6.50. The lowest BCUT2D eigenvalue weighted by Gasteiger charge is -2.06. The average Bonchev–Trinajstić information content (AvgIpc) is 2.88. The number of rotatable bonds is 3. The number of hydrogen-bond acceptors (Lipinski definition) is 4. The summed E-state index contributed by atoms with van der Waals surface area (Å²) in [6.07, 6.45) is 2.75. The lowest BCUT2D eigenvalue weighted by Crippen LogP contribution is -2.20. The van der Waals surface area contributed by atoms with Gasteiger partial charge in [-0.1, -0.05) is 12.1 Å². The molecule has 2 heterocycles. The molecule has 0 fully saturated rings. The zero-order valence-electron chi connectivity index (χ0n) is 12.0. The molecule has 114 valence electrons. The van der Waals surface area contributed by atoms with E-state index in [0.717, 1.165) is 10.2 Å². The SMILES string of the molecule is Cc1cccc(NS(=O)(=O)c2cc3c(=O)n(C)ncn3c2)c1. The molecular formula is C14H14N4O3S. The van der Waals surface area contributed by atoms with E-state index in [2.05, 4.69) is 9.82 Å². The lowest BCUT2D eigenvalue weighted by atomic mass is 10.2. The fourth-order valence-corrected chi connectivity index (χ4v) is 3.22. The van der Waals surface area contributed by atoms with Crippen molar-refractivity contribution in [1.29, 1.82) is 0 Å². The van der Waals surface area contributed by atoms with E-state index in [-0.39, 0.29) is 16.0 Å². The van der Waals surface area contributed by atoms with Gasteiger partial charge in [-0.25, -0.2) is 13.1 Å². The van der Waals surface area contributed by atoms with Crippen LogP contribution in [0, 0.1) is 6.92 Å². The maximum atomic E-state index is 12.4. The fraction of sp³-hybridized carbons (Fsp3) is 0.143. The van der Waals surface area contributed by atoms with Gasteiger partial charge >= 0.3 is 0 Å². The number of fused-ring (bicyclic) bond motifs is 1. The van der Waals surface area contributed by atoms with Crippen molar-refractivity contribution in [3.63, 3.8) is 0 Å². The van der Waals surface area contributed by atoms with Gasteiger partial charge in [-0.15, -0.1) is 0 Å². The Labute approximate surface area is 126 Å². The van der Waals surface area contributed by atoms with Gasteiger partial charge in [0.2, 0.25) is 0 Å². The Balaban J connectivity index is 2.06. The van der Waals surface area contributed by atoms with Crippen molar-refractivity contribution in [2.75, 3.05) is 4.72 Å². The van der Waals surface area contributed by atoms with Gasteiger partial charge in [0, 0.05) is 18.9 Å². The number of anilines is 1. The Morgan fingerprint density at radius 2 is 2.00 bits per heavy atom. The summed E-state index contributed by atoms with van der Waals surface area (Å²) in [5.74, 6) is 0. The Bertz CT molecular complexity index is 1020. The molecule has 0 spiro atoms. The van der Waals surface area contributed by atoms with E-state index in [1.165, 1.54) is 30.0 Å². The van der Waals surface area contributed by atoms with Crippen molar-refractivity contribution in [1.82, 2.24) is 14.2 Å². The van der Waals surface area contributed by atoms with E-state index in [1.807, 2.05) is 13.0 Å². The number of nitrogens with zero attached hydrogens (tertiary/aromatic N) is 3. The lowest BCUT2D eigenvalue weighted by molar-refractivity contribution is 0.601. The summed E-state index contributed by atoms with van der Waals surface area (Å²) in [5, 5.41) is 3.85. The molecule has 0 unspecified atom stereocenters. The second-order valence-electron chi connectivity index (χ2n) is 5.00. The summed E-state index contributed by atoms with van der Waals surface area (Å²) in [4.78, 5) is 11.9. The molecule has 0 bridgehead atoms. The largest absolute Gasteiger partial charge is 0.300 e. The van der Waals surface area contributed by atoms with Crippen molar-refractivity contribution >= 4 is 21.2 Å². The monoisotopic (exact) mass is 318 g/mol. The minimum absolute atomic E-state index is 0.0131. The third-order valence-electron chi connectivity index (χ3n) is 3.27. The molecule has 0 aliphatic rings. The topological polar surface area (TPSA) is 85.5 Å². The van der Waals surface area contributed by atoms with Crippen LogP contribution in [0.1, 0.15) is 5.56 Å². The normalized spacial score (nSPS) is 11.7. The van der Waals surface area contributed by atoms with Gasteiger partial charge in [0.05, 0.1) is 0 Å². The molecule has 1 aromatic carbocycles. The molecule has 2 aromatic heterocycles. The number of nitrogens with one attached hydrogen (secondary N) is 1. The zero-order chi connectivity index (χ0) is 15.9. The number of hydrogen-bond donors (Lipinski definition) is 1. The van der Waals surface area contributed by atoms with Gasteiger partial charge in [0.15, 0.2) is 0 Å². The van der Waals surface area contributed by atoms with Crippen LogP contribution in [0.2, 0.25) is 0 Å². The molecule has 1 N–H and O–H groups in total. The Morgan fingerprint density at radius 3 is 2.73 bits per heavy atom. The van der Waals surface area contributed by atoms with Gasteiger partial charge in [0.25, 0.3) is 15.6 Å². The molecule has 0 atom stereocenters. The van der Waals surface area contributed by atoms with Gasteiger partial charge < -0.3 is 0 Å². The molecule has 0 radical (unpaired) electrons. The molecule has 22 heavy (non-hydrogen) atoms. The highest BCUT2D eigenvalue weighted by atomic mass is 32.2. The second-order valence-corrected chi connectivity index (χ2v) is 6.69. The Kier molecular flexibility index (Phi) is 3.25. The maximum Gasteiger partial charge on any atom is 0.290 e. The summed E-state index contributed by atoms with van der Waals surface area (Å²) in [6.45, 7) is 1.87. The summed E-state index contributed by atoms with van der Waals surface area (Å²) < 4.78 is 29.9. The van der Waals surface area contributed by atoms with E-state index in [0.29, 0.717) is 5.69 Å². The Hall–Kier alpha value is -2.61. The van der Waals surface area contributed by atoms with E-state index in [9.17, 15) is 13.2 Å². The number of sulfonamides is 1. The number of benzene rings is 1. The third kappa shape index (κ3) is 2.48. The molecule has 8 heteroatoms. The molecule has 0 saturated carbocycles. The van der Waals surface area contributed by atoms with Crippen LogP contribution in [-0.2, 0) is 17.1 Å². The van der Waals surface area contributed by atoms with Crippen LogP contribution < -0.4 is 10.3 Å². The molecule has 3 rings (SSSR count). The highest BCUT2D eigenvalue weighted by molar-refractivity contribution is 7.92. The van der Waals surface area contributed by atoms with Crippen LogP contribution in [-0.4, -0.2) is 22.6 Å². The second kappa shape index (κ2) is 4.99. The first kappa shape index (κ1) is 14.3. The van der Waals surface area contributed by atoms with E-state index >= 15 is 0 Å². The minimum Gasteiger partial charge on any atom is -0.300 e. The van der Waals surface area contributed by atoms with Crippen molar-refractivity contribution in [3.8, 4) is 0 Å². The predicted octanol–water partition coefficient (Wildman–Crippen LogP) is 1.14. The molecule has 7 nitrogen and oxygen atoms in total. The first-order valence-corrected chi connectivity index (χ1v) is 7.99. The standard InChI is InChI=1S/C14H14N4O3S/c1-10-4-3-5-11(6-10)16-22(20,21)12-7-13-14(19)17(2)15-9-18(13)8-12/h3-9,16H,1-2H3. The smallest absolute Gasteiger partial charge is 0.290 e. The van der Waals surface area contributed by atoms with Gasteiger partial charge in [-0.05, 0) is 30.7 Å². The van der Waals surface area contributed by atoms with Gasteiger partial charge in [-0.3, -0.25) is 13.9 Å². The van der Waals surface area contributed by atoms with Gasteiger partial charge in [-0.2, -0.15) is 5.10 Å². The van der Waals surface area contributed by atoms with Crippen LogP contribution in [0.15, 0.2) is 52.5 Å². The summed E-state index contributed by atoms with van der Waals surface area (Å²) >= 11 is 0. The Morgan fingerprint density at radius 1 is 1.23 bits per heavy atom. The fourth-order valence-electron chi connectivity index (χ4n) is 2.14. The number of aryl methyl sites for hydroxylation is 2. The average molecular weight is 318 g/mol. The molecule has 0 aliphatic carbocycles. The van der Waals surface area contributed by atoms with Crippen molar-refractivity contribution in [2.24, 2.45) is 7.05 Å². The van der Waals surface area contributed by atoms with Crippen molar-refractivity contribution < 1.29 is 8.42 Å². The van der Waals surface area contributed by atoms with Crippen LogP contribution in [0.25, 0.3) is 5.52 Å². The molecule has 0 aliphatic heterocycles. The number of aromatic nitrogens is 3. The van der Waals surface area contributed by atoms with Crippen LogP contribution in [0.5, 0.6) is 0 Å². The summed E-state index contributed by atoms with van der Waals surface area (Å²) in [5.41, 5.74) is 1.31. The molecule has 3 aromatic rings. The van der Waals surface area contributed by atoms with Crippen LogP contribution in [0.3, 0.4) is 0 Å². The zero-order valence-corrected chi connectivity index (χ0v) is 12.8.